The number of nitrogens with one attached hydrogen (secondary N) is 2. The first-order chi connectivity index (χ1) is 8.72. The Morgan fingerprint density at radius 2 is 2.22 bits per heavy atom. The molecule has 0 atom stereocenters. The topological polar surface area (TPSA) is 39.7 Å². The SMILES string of the molecule is CCNC(=NCc1ccsc1)NCCCN(C)C. The van der Waals surface area contributed by atoms with Crippen molar-refractivity contribution < 1.29 is 0 Å². The molecule has 0 spiro atoms. The number of guanidine groups is 1. The van der Waals surface area contributed by atoms with Crippen molar-refractivity contribution in [2.75, 3.05) is 33.7 Å². The van der Waals surface area contributed by atoms with Gasteiger partial charge in [0.2, 0.25) is 0 Å². The second-order valence-corrected chi connectivity index (χ2v) is 5.19. The Morgan fingerprint density at radius 1 is 1.39 bits per heavy atom. The molecule has 0 aliphatic heterocycles. The Kier molecular flexibility index (Phi) is 7.44. The van der Waals surface area contributed by atoms with Crippen LogP contribution in [0.5, 0.6) is 0 Å². The minimum atomic E-state index is 0.743. The van der Waals surface area contributed by atoms with Crippen LogP contribution in [0.4, 0.5) is 0 Å². The number of hydrogen-bond acceptors (Lipinski definition) is 3. The molecule has 0 unspecified atom stereocenters. The van der Waals surface area contributed by atoms with Crippen molar-refractivity contribution in [3.05, 3.63) is 22.4 Å². The van der Waals surface area contributed by atoms with Gasteiger partial charge in [-0.25, -0.2) is 4.99 Å². The summed E-state index contributed by atoms with van der Waals surface area (Å²) in [7, 11) is 4.19. The van der Waals surface area contributed by atoms with Gasteiger partial charge in [0.15, 0.2) is 5.96 Å². The summed E-state index contributed by atoms with van der Waals surface area (Å²) < 4.78 is 0. The van der Waals surface area contributed by atoms with E-state index in [-0.39, 0.29) is 0 Å². The van der Waals surface area contributed by atoms with Crippen LogP contribution in [0.3, 0.4) is 0 Å². The third-order valence-electron chi connectivity index (χ3n) is 2.42. The van der Waals surface area contributed by atoms with Gasteiger partial charge in [0.05, 0.1) is 6.54 Å². The summed E-state index contributed by atoms with van der Waals surface area (Å²) in [5.41, 5.74) is 1.27. The summed E-state index contributed by atoms with van der Waals surface area (Å²) in [5.74, 6) is 0.905. The van der Waals surface area contributed by atoms with Gasteiger partial charge in [0.25, 0.3) is 0 Å². The number of hydrogen-bond donors (Lipinski definition) is 2. The molecule has 0 aromatic carbocycles. The normalized spacial score (nSPS) is 11.9. The largest absolute Gasteiger partial charge is 0.357 e. The lowest BCUT2D eigenvalue weighted by Gasteiger charge is -2.13. The molecule has 18 heavy (non-hydrogen) atoms. The molecule has 4 nitrogen and oxygen atoms in total. The smallest absolute Gasteiger partial charge is 0.191 e. The summed E-state index contributed by atoms with van der Waals surface area (Å²) >= 11 is 1.71. The van der Waals surface area contributed by atoms with Gasteiger partial charge >= 0.3 is 0 Å². The molecular formula is C13H24N4S. The van der Waals surface area contributed by atoms with Gasteiger partial charge in [0, 0.05) is 13.1 Å². The van der Waals surface area contributed by atoms with E-state index in [1.807, 2.05) is 0 Å². The lowest BCUT2D eigenvalue weighted by molar-refractivity contribution is 0.399. The molecule has 0 bridgehead atoms. The van der Waals surface area contributed by atoms with Crippen molar-refractivity contribution in [1.82, 2.24) is 15.5 Å². The van der Waals surface area contributed by atoms with Crippen LogP contribution in [0.15, 0.2) is 21.8 Å². The highest BCUT2D eigenvalue weighted by molar-refractivity contribution is 7.07. The van der Waals surface area contributed by atoms with E-state index in [9.17, 15) is 0 Å². The summed E-state index contributed by atoms with van der Waals surface area (Å²) in [6, 6.07) is 2.11. The van der Waals surface area contributed by atoms with Crippen molar-refractivity contribution in [3.63, 3.8) is 0 Å². The first-order valence-electron chi connectivity index (χ1n) is 6.40. The van der Waals surface area contributed by atoms with Crippen molar-refractivity contribution in [2.24, 2.45) is 4.99 Å². The van der Waals surface area contributed by atoms with Crippen LogP contribution in [-0.2, 0) is 6.54 Å². The van der Waals surface area contributed by atoms with E-state index in [1.54, 1.807) is 11.3 Å². The van der Waals surface area contributed by atoms with E-state index < -0.39 is 0 Å². The maximum absolute atomic E-state index is 4.56. The molecule has 0 saturated carbocycles. The Hall–Kier alpha value is -1.07. The molecule has 0 amide bonds. The Labute approximate surface area is 114 Å². The highest BCUT2D eigenvalue weighted by Gasteiger charge is 1.97. The number of rotatable bonds is 7. The van der Waals surface area contributed by atoms with E-state index in [0.29, 0.717) is 0 Å². The van der Waals surface area contributed by atoms with Crippen LogP contribution in [-0.4, -0.2) is 44.6 Å². The predicted molar refractivity (Wildman–Crippen MR) is 80.3 cm³/mol. The minimum absolute atomic E-state index is 0.743. The fourth-order valence-corrected chi connectivity index (χ4v) is 2.16. The van der Waals surface area contributed by atoms with Gasteiger partial charge in [-0.3, -0.25) is 0 Å². The molecule has 5 heteroatoms. The summed E-state index contributed by atoms with van der Waals surface area (Å²) in [6.45, 7) is 5.77. The van der Waals surface area contributed by atoms with Gasteiger partial charge < -0.3 is 15.5 Å². The summed E-state index contributed by atoms with van der Waals surface area (Å²) in [6.07, 6.45) is 1.12. The maximum Gasteiger partial charge on any atom is 0.191 e. The second kappa shape index (κ2) is 8.94. The standard InChI is InChI=1S/C13H24N4S/c1-4-14-13(15-7-5-8-17(2)3)16-10-12-6-9-18-11-12/h6,9,11H,4-5,7-8,10H2,1-3H3,(H2,14,15,16). The molecule has 1 heterocycles. The van der Waals surface area contributed by atoms with Crippen molar-refractivity contribution in [2.45, 2.75) is 19.9 Å². The number of thiophene rings is 1. The van der Waals surface area contributed by atoms with Gasteiger partial charge in [-0.1, -0.05) is 0 Å². The second-order valence-electron chi connectivity index (χ2n) is 4.41. The first kappa shape index (κ1) is 15.0. The molecule has 1 rings (SSSR count). The predicted octanol–water partition coefficient (Wildman–Crippen LogP) is 1.75. The quantitative estimate of drug-likeness (QED) is 0.450. The highest BCUT2D eigenvalue weighted by atomic mass is 32.1. The zero-order valence-corrected chi connectivity index (χ0v) is 12.4. The molecule has 0 saturated heterocycles. The van der Waals surface area contributed by atoms with E-state index in [1.165, 1.54) is 5.56 Å². The van der Waals surface area contributed by atoms with E-state index in [4.69, 9.17) is 0 Å². The Bertz CT molecular complexity index is 333. The zero-order chi connectivity index (χ0) is 13.2. The lowest BCUT2D eigenvalue weighted by atomic mass is 10.3. The average molecular weight is 268 g/mol. The molecule has 0 radical (unpaired) electrons. The monoisotopic (exact) mass is 268 g/mol. The van der Waals surface area contributed by atoms with Crippen molar-refractivity contribution >= 4 is 17.3 Å². The molecule has 1 aromatic rings. The molecular weight excluding hydrogens is 244 g/mol. The summed E-state index contributed by atoms with van der Waals surface area (Å²) in [4.78, 5) is 6.75. The third-order valence-corrected chi connectivity index (χ3v) is 3.15. The van der Waals surface area contributed by atoms with E-state index in [2.05, 4.69) is 58.4 Å². The third kappa shape index (κ3) is 6.61. The zero-order valence-electron chi connectivity index (χ0n) is 11.6. The van der Waals surface area contributed by atoms with E-state index in [0.717, 1.165) is 38.6 Å². The van der Waals surface area contributed by atoms with Gasteiger partial charge in [0.1, 0.15) is 0 Å². The van der Waals surface area contributed by atoms with Crippen LogP contribution in [0.1, 0.15) is 18.9 Å². The van der Waals surface area contributed by atoms with E-state index >= 15 is 0 Å². The van der Waals surface area contributed by atoms with Crippen LogP contribution in [0, 0.1) is 0 Å². The molecule has 2 N–H and O–H groups in total. The van der Waals surface area contributed by atoms with Gasteiger partial charge in [-0.2, -0.15) is 11.3 Å². The van der Waals surface area contributed by atoms with Crippen LogP contribution >= 0.6 is 11.3 Å². The summed E-state index contributed by atoms with van der Waals surface area (Å²) in [5, 5.41) is 10.8. The van der Waals surface area contributed by atoms with Gasteiger partial charge in [-0.15, -0.1) is 0 Å². The highest BCUT2D eigenvalue weighted by Crippen LogP contribution is 2.06. The average Bonchev–Trinajstić information content (AvgIpc) is 2.84. The van der Waals surface area contributed by atoms with Gasteiger partial charge in [-0.05, 0) is 56.4 Å². The molecule has 0 aliphatic rings. The molecule has 102 valence electrons. The van der Waals surface area contributed by atoms with Crippen LogP contribution < -0.4 is 10.6 Å². The molecule has 1 aromatic heterocycles. The fraction of sp³-hybridized carbons (Fsp3) is 0.615. The minimum Gasteiger partial charge on any atom is -0.357 e. The molecule has 0 fully saturated rings. The number of nitrogens with zero attached hydrogens (tertiary/aromatic N) is 2. The van der Waals surface area contributed by atoms with Crippen molar-refractivity contribution in [1.29, 1.82) is 0 Å². The van der Waals surface area contributed by atoms with Crippen LogP contribution in [0.25, 0.3) is 0 Å². The Morgan fingerprint density at radius 3 is 2.83 bits per heavy atom. The first-order valence-corrected chi connectivity index (χ1v) is 7.34. The maximum atomic E-state index is 4.56. The van der Waals surface area contributed by atoms with Crippen molar-refractivity contribution in [3.8, 4) is 0 Å². The molecule has 0 aliphatic carbocycles. The lowest BCUT2D eigenvalue weighted by Crippen LogP contribution is -2.38. The number of aliphatic imine (C=N–C) groups is 1. The Balaban J connectivity index is 2.31. The van der Waals surface area contributed by atoms with Crippen LogP contribution in [0.2, 0.25) is 0 Å². The fourth-order valence-electron chi connectivity index (χ4n) is 1.50.